The van der Waals surface area contributed by atoms with Gasteiger partial charge in [0.25, 0.3) is 0 Å². The predicted molar refractivity (Wildman–Crippen MR) is 140 cm³/mol. The van der Waals surface area contributed by atoms with Crippen molar-refractivity contribution in [1.29, 1.82) is 0 Å². The summed E-state index contributed by atoms with van der Waals surface area (Å²) in [7, 11) is -1.18. The molecule has 5 heteroatoms. The van der Waals surface area contributed by atoms with Gasteiger partial charge in [0.2, 0.25) is 0 Å². The molecule has 2 aromatic carbocycles. The molecule has 0 amide bonds. The first kappa shape index (κ1) is 25.8. The Hall–Kier alpha value is -2.24. The number of hydrogen-bond acceptors (Lipinski definition) is 4. The molecule has 0 radical (unpaired) electrons. The largest absolute Gasteiger partial charge is 0.465 e. The average Bonchev–Trinajstić information content (AvgIpc) is 3.21. The van der Waals surface area contributed by atoms with Gasteiger partial charge in [-0.05, 0) is 67.2 Å². The monoisotopic (exact) mass is 494 g/mol. The van der Waals surface area contributed by atoms with Gasteiger partial charge in [-0.1, -0.05) is 74.9 Å². The molecule has 0 N–H and O–H groups in total. The van der Waals surface area contributed by atoms with Crippen molar-refractivity contribution in [3.05, 3.63) is 77.4 Å². The minimum absolute atomic E-state index is 0.191. The third kappa shape index (κ3) is 4.53. The summed E-state index contributed by atoms with van der Waals surface area (Å²) in [5.74, 6) is 0.214. The van der Waals surface area contributed by atoms with Gasteiger partial charge in [-0.2, -0.15) is 0 Å². The van der Waals surface area contributed by atoms with Crippen molar-refractivity contribution >= 4 is 16.8 Å². The summed E-state index contributed by atoms with van der Waals surface area (Å²) in [6, 6.07) is 19.7. The van der Waals surface area contributed by atoms with E-state index in [2.05, 4.69) is 32.9 Å². The molecule has 2 aliphatic rings. The van der Waals surface area contributed by atoms with Crippen LogP contribution in [-0.2, 0) is 31.7 Å². The number of ether oxygens (including phenoxy) is 2. The Labute approximate surface area is 212 Å². The number of hydrogen-bond donors (Lipinski definition) is 0. The normalized spacial score (nSPS) is 29.5. The molecule has 0 spiro atoms. The lowest BCUT2D eigenvalue weighted by molar-refractivity contribution is -0.170. The smallest absolute Gasteiger partial charge is 0.319 e. The van der Waals surface area contributed by atoms with Crippen LogP contribution in [-0.4, -0.2) is 28.6 Å². The summed E-state index contributed by atoms with van der Waals surface area (Å²) < 4.78 is 25.8. The third-order valence-corrected chi connectivity index (χ3v) is 9.52. The highest BCUT2D eigenvalue weighted by Crippen LogP contribution is 2.71. The van der Waals surface area contributed by atoms with E-state index in [0.717, 1.165) is 40.9 Å². The maximum Gasteiger partial charge on any atom is 0.319 e. The van der Waals surface area contributed by atoms with Crippen molar-refractivity contribution in [3.8, 4) is 0 Å². The summed E-state index contributed by atoms with van der Waals surface area (Å²) in [5, 5.41) is 0. The van der Waals surface area contributed by atoms with Crippen molar-refractivity contribution in [2.45, 2.75) is 71.5 Å². The Balaban J connectivity index is 1.78. The quantitative estimate of drug-likeness (QED) is 0.311. The van der Waals surface area contributed by atoms with Crippen LogP contribution in [0.4, 0.5) is 0 Å². The van der Waals surface area contributed by atoms with Crippen LogP contribution in [0.5, 0.6) is 0 Å². The van der Waals surface area contributed by atoms with Crippen LogP contribution in [0.2, 0.25) is 0 Å². The molecule has 4 atom stereocenters. The number of esters is 1. The van der Waals surface area contributed by atoms with Gasteiger partial charge >= 0.3 is 5.97 Å². The van der Waals surface area contributed by atoms with Gasteiger partial charge in [0.1, 0.15) is 5.41 Å². The zero-order chi connectivity index (χ0) is 25.3. The SMILES string of the molecule is CCOC(=O)[C@]12/C(=C(\C)C[S@](=O)c3ccccc3)CC[C@@]1(C)CC(C)(C)[C@H]2OCc1ccccc1. The maximum atomic E-state index is 14.0. The average molecular weight is 495 g/mol. The van der Waals surface area contributed by atoms with Gasteiger partial charge in [-0.3, -0.25) is 9.00 Å². The molecule has 0 saturated heterocycles. The predicted octanol–water partition coefficient (Wildman–Crippen LogP) is 6.48. The van der Waals surface area contributed by atoms with E-state index >= 15 is 0 Å². The topological polar surface area (TPSA) is 52.6 Å². The van der Waals surface area contributed by atoms with Crippen molar-refractivity contribution in [2.24, 2.45) is 16.2 Å². The Morgan fingerprint density at radius 2 is 1.66 bits per heavy atom. The molecule has 2 aromatic rings. The molecule has 0 aliphatic heterocycles. The van der Waals surface area contributed by atoms with Crippen LogP contribution in [0.15, 0.2) is 76.7 Å². The van der Waals surface area contributed by atoms with Crippen LogP contribution in [0, 0.1) is 16.2 Å². The van der Waals surface area contributed by atoms with Crippen molar-refractivity contribution in [3.63, 3.8) is 0 Å². The summed E-state index contributed by atoms with van der Waals surface area (Å²) in [5.41, 5.74) is 1.80. The van der Waals surface area contributed by atoms with Crippen LogP contribution >= 0.6 is 0 Å². The maximum absolute atomic E-state index is 14.0. The molecule has 35 heavy (non-hydrogen) atoms. The zero-order valence-corrected chi connectivity index (χ0v) is 22.5. The first-order chi connectivity index (χ1) is 16.7. The van der Waals surface area contributed by atoms with E-state index in [1.54, 1.807) is 0 Å². The van der Waals surface area contributed by atoms with Crippen LogP contribution < -0.4 is 0 Å². The van der Waals surface area contributed by atoms with Crippen LogP contribution in [0.25, 0.3) is 0 Å². The lowest BCUT2D eigenvalue weighted by Crippen LogP contribution is -2.51. The number of carbonyl (C=O) groups is 1. The molecule has 4 nitrogen and oxygen atoms in total. The van der Waals surface area contributed by atoms with Gasteiger partial charge in [0.15, 0.2) is 0 Å². The Kier molecular flexibility index (Phi) is 7.40. The standard InChI is InChI=1S/C30H38O4S/c1-6-33-27(31)30-25(22(2)20-35(32)24-15-11-8-12-16-24)17-18-29(30,5)21-28(3,4)26(30)34-19-23-13-9-7-10-14-23/h7-16,26H,6,17-21H2,1-5H3/b25-22+/t26-,29+,30-,35+/m1/s1. The summed E-state index contributed by atoms with van der Waals surface area (Å²) in [6.07, 6.45) is 2.23. The molecule has 188 valence electrons. The minimum Gasteiger partial charge on any atom is -0.465 e. The van der Waals surface area contributed by atoms with E-state index in [1.807, 2.05) is 62.4 Å². The second-order valence-electron chi connectivity index (χ2n) is 11.0. The highest BCUT2D eigenvalue weighted by molar-refractivity contribution is 7.85. The van der Waals surface area contributed by atoms with E-state index in [0.29, 0.717) is 19.0 Å². The van der Waals surface area contributed by atoms with Gasteiger partial charge in [0, 0.05) is 10.6 Å². The van der Waals surface area contributed by atoms with Gasteiger partial charge in [0.05, 0.1) is 30.1 Å². The van der Waals surface area contributed by atoms with Crippen molar-refractivity contribution in [2.75, 3.05) is 12.4 Å². The van der Waals surface area contributed by atoms with Crippen LogP contribution in [0.1, 0.15) is 59.4 Å². The van der Waals surface area contributed by atoms with E-state index in [9.17, 15) is 9.00 Å². The molecule has 2 fully saturated rings. The first-order valence-electron chi connectivity index (χ1n) is 12.6. The minimum atomic E-state index is -1.18. The summed E-state index contributed by atoms with van der Waals surface area (Å²) in [6.45, 7) is 11.3. The molecule has 0 heterocycles. The van der Waals surface area contributed by atoms with E-state index in [-0.39, 0.29) is 22.9 Å². The second kappa shape index (κ2) is 10.0. The van der Waals surface area contributed by atoms with Crippen molar-refractivity contribution in [1.82, 2.24) is 0 Å². The number of rotatable bonds is 8. The van der Waals surface area contributed by atoms with Crippen LogP contribution in [0.3, 0.4) is 0 Å². The van der Waals surface area contributed by atoms with Gasteiger partial charge in [-0.15, -0.1) is 0 Å². The van der Waals surface area contributed by atoms with Gasteiger partial charge < -0.3 is 9.47 Å². The second-order valence-corrected chi connectivity index (χ2v) is 12.4. The molecule has 2 aliphatic carbocycles. The lowest BCUT2D eigenvalue weighted by atomic mass is 9.65. The molecule has 0 aromatic heterocycles. The Morgan fingerprint density at radius 1 is 1.03 bits per heavy atom. The Bertz CT molecular complexity index is 1110. The van der Waals surface area contributed by atoms with E-state index in [1.165, 1.54) is 0 Å². The van der Waals surface area contributed by atoms with E-state index < -0.39 is 16.2 Å². The molecule has 2 saturated carbocycles. The van der Waals surface area contributed by atoms with Crippen molar-refractivity contribution < 1.29 is 18.5 Å². The highest BCUT2D eigenvalue weighted by Gasteiger charge is 2.73. The van der Waals surface area contributed by atoms with E-state index in [4.69, 9.17) is 9.47 Å². The summed E-state index contributed by atoms with van der Waals surface area (Å²) in [4.78, 5) is 14.8. The van der Waals surface area contributed by atoms with Gasteiger partial charge in [-0.25, -0.2) is 0 Å². The number of fused-ring (bicyclic) bond motifs is 1. The molecule has 0 bridgehead atoms. The first-order valence-corrected chi connectivity index (χ1v) is 13.9. The third-order valence-electron chi connectivity index (χ3n) is 8.03. The lowest BCUT2D eigenvalue weighted by Gasteiger charge is -2.42. The molecular weight excluding hydrogens is 456 g/mol. The number of benzene rings is 2. The molecule has 0 unspecified atom stereocenters. The highest BCUT2D eigenvalue weighted by atomic mass is 32.2. The number of carbonyl (C=O) groups excluding carboxylic acids is 1. The summed E-state index contributed by atoms with van der Waals surface area (Å²) >= 11 is 0. The zero-order valence-electron chi connectivity index (χ0n) is 21.6. The Morgan fingerprint density at radius 3 is 2.29 bits per heavy atom. The fourth-order valence-electron chi connectivity index (χ4n) is 6.86. The fourth-order valence-corrected chi connectivity index (χ4v) is 8.06. The molecule has 4 rings (SSSR count). The fraction of sp³-hybridized carbons (Fsp3) is 0.500. The molecular formula is C30H38O4S.